The second-order valence-corrected chi connectivity index (χ2v) is 39.7. The predicted octanol–water partition coefficient (Wildman–Crippen LogP) is 12.1. The van der Waals surface area contributed by atoms with E-state index in [4.69, 9.17) is 33.9 Å². The van der Waals surface area contributed by atoms with E-state index >= 15 is 0 Å². The Morgan fingerprint density at radius 3 is 1.18 bits per heavy atom. The van der Waals surface area contributed by atoms with E-state index in [0.29, 0.717) is 166 Å². The van der Waals surface area contributed by atoms with Gasteiger partial charge in [-0.05, 0) is 192 Å². The van der Waals surface area contributed by atoms with Gasteiger partial charge in [0.05, 0.1) is 73.2 Å². The fraction of sp³-hybridized carbons (Fsp3) is 0.369. The van der Waals surface area contributed by atoms with Crippen LogP contribution in [-0.4, -0.2) is 253 Å². The van der Waals surface area contributed by atoms with Gasteiger partial charge in [0.2, 0.25) is 23.7 Å². The number of carbonyl (C=O) groups is 3. The summed E-state index contributed by atoms with van der Waals surface area (Å²) in [6.45, 7) is 12.0. The molecule has 732 valence electrons. The number of piperidine rings is 3. The minimum atomic E-state index is -2.97. The molecule has 3 saturated heterocycles. The Balaban J connectivity index is 0.000000122. The van der Waals surface area contributed by atoms with Gasteiger partial charge >= 0.3 is 0 Å². The van der Waals surface area contributed by atoms with Crippen LogP contribution in [0.1, 0.15) is 95.2 Å². The number of pyridine rings is 1. The highest BCUT2D eigenvalue weighted by molar-refractivity contribution is 7.90. The number of nitrogens with one attached hydrogen (secondary N) is 3. The Morgan fingerprint density at radius 1 is 0.408 bits per heavy atom. The van der Waals surface area contributed by atoms with Gasteiger partial charge in [0, 0.05) is 197 Å². The zero-order chi connectivity index (χ0) is 96.8. The third-order valence-electron chi connectivity index (χ3n) is 28.5. The van der Waals surface area contributed by atoms with Crippen molar-refractivity contribution in [3.05, 3.63) is 226 Å². The number of carbonyl (C=O) groups excluding carboxylic acids is 3. The quantitative estimate of drug-likeness (QED) is 0.0615. The maximum absolute atomic E-state index is 13.7. The van der Waals surface area contributed by atoms with E-state index in [9.17, 15) is 42.3 Å². The van der Waals surface area contributed by atoms with Gasteiger partial charge < -0.3 is 83.1 Å². The third-order valence-corrected chi connectivity index (χ3v) is 29.4. The van der Waals surface area contributed by atoms with Crippen molar-refractivity contribution in [2.75, 3.05) is 161 Å². The molecule has 142 heavy (non-hydrogen) atoms. The van der Waals surface area contributed by atoms with E-state index in [1.54, 1.807) is 70.0 Å². The number of ether oxygens (including phenoxy) is 4. The molecule has 3 fully saturated rings. The van der Waals surface area contributed by atoms with Crippen LogP contribution in [0.5, 0.6) is 17.4 Å². The summed E-state index contributed by atoms with van der Waals surface area (Å²) in [4.78, 5) is 124. The SMILES string of the molecule is COCCN1CCC(n2ccc3cc(Nc4ncc5c(=O)n6n(c5n4)-c4cnc5c(c4)N(CCCC=CC6)C(=O)CO5)ccc32)CC1.CS(=O)(=O)CCN1CCC(n2ccc3cc(Nc4ncc5c(=O)n6n(c5n4)-c4ccc5c(c4)N(CCCC=CC6)C(=O)CO5)ccc32)CC1.O=C1COc2ccc3cc2N1CCCC=CCn1c(=O)c2cnc(Nc4ccc5c(ccn5C5CCN(CCO)CC5)c4)nc2n1-3. The van der Waals surface area contributed by atoms with E-state index in [1.165, 1.54) is 17.3 Å². The molecular weight excluding hydrogens is 1830 g/mol. The van der Waals surface area contributed by atoms with Crippen molar-refractivity contribution in [2.24, 2.45) is 0 Å². The molecule has 3 amide bonds. The normalized spacial score (nSPS) is 17.5. The van der Waals surface area contributed by atoms with Gasteiger partial charge in [-0.15, -0.1) is 0 Å². The first-order chi connectivity index (χ1) is 69.4. The Labute approximate surface area is 815 Å². The van der Waals surface area contributed by atoms with Crippen LogP contribution in [0.2, 0.25) is 0 Å². The van der Waals surface area contributed by atoms with Crippen LogP contribution in [0.4, 0.5) is 52.0 Å². The number of fused-ring (bicyclic) bond motifs is 18. The lowest BCUT2D eigenvalue weighted by atomic mass is 10.0. The zero-order valence-electron chi connectivity index (χ0n) is 79.1. The minimum absolute atomic E-state index is 0.00637. The number of β-amino-alcohol motifs (C(OH)–C–C–N with tert-alkyl or cyclic N) is 1. The molecule has 0 spiro atoms. The van der Waals surface area contributed by atoms with Crippen molar-refractivity contribution < 1.29 is 46.9 Å². The molecule has 4 N–H and O–H groups in total. The van der Waals surface area contributed by atoms with E-state index in [0.717, 1.165) is 175 Å². The molecule has 10 aromatic heterocycles. The molecule has 0 unspecified atom stereocenters. The molecule has 0 atom stereocenters. The standard InChI is InChI=1S/C35H38N8O5S.C34H37N9O4.C34H36N8O4/c1-49(46,47)19-18-39-15-11-26(12-16-39)40-17-10-24-20-25(6-8-29(24)40)37-35-36-22-28-33(38-35)43-27-7-9-31-30(21-27)41(32(44)23-48-31)13-4-2-3-5-14-42(43)34(28)45;1-46-17-16-39-13-9-25(10-14-39)40-15-8-23-18-24(6-7-28(23)40)37-34-36-21-27-31(38-34)43-26-19-29-32(35-20-26)47-22-30(44)41(29)11-4-2-3-5-12-42(43)33(27)45;43-18-17-38-14-10-25(11-15-38)39-16-9-23-19-24(5-7-28(23)39)36-34-35-21-27-32(37-34)42-26-6-8-30-29(20-26)40(31(44)22-46-30)12-3-1-2-4-13-41(42)33(27)45/h3,5-10,17,20-22,26H,2,4,11-16,18-19,23H2,1H3,(H,36,37,38);3,5-8,15,18-21,25H,2,4,9-14,16-17,22H2,1H3,(H,36,37,38);2,4-9,16,19-21,25,43H,1,3,10-15,17-18,22H2,(H,35,36,37). The van der Waals surface area contributed by atoms with Gasteiger partial charge in [-0.3, -0.25) is 28.8 Å². The molecule has 24 rings (SSSR count). The lowest BCUT2D eigenvalue weighted by molar-refractivity contribution is -0.122. The van der Waals surface area contributed by atoms with Crippen molar-refractivity contribution in [3.63, 3.8) is 0 Å². The fourth-order valence-corrected chi connectivity index (χ4v) is 21.7. The topological polar surface area (TPSA) is 384 Å². The number of amides is 3. The highest BCUT2D eigenvalue weighted by Gasteiger charge is 2.35. The molecular formula is C103H111N25O13S. The number of aromatic nitrogens is 16. The summed E-state index contributed by atoms with van der Waals surface area (Å²) in [6.07, 6.45) is 37.2. The molecule has 0 radical (unpaired) electrons. The summed E-state index contributed by atoms with van der Waals surface area (Å²) < 4.78 is 62.9. The highest BCUT2D eigenvalue weighted by atomic mass is 32.2. The number of nitrogens with zero attached hydrogens (tertiary/aromatic N) is 22. The number of sulfone groups is 1. The molecule has 9 aliphatic heterocycles. The number of aliphatic hydroxyl groups is 1. The minimum Gasteiger partial charge on any atom is -0.482 e. The second kappa shape index (κ2) is 39.6. The zero-order valence-corrected chi connectivity index (χ0v) is 80.0. The monoisotopic (exact) mass is 1940 g/mol. The van der Waals surface area contributed by atoms with Crippen LogP contribution in [0.15, 0.2) is 209 Å². The summed E-state index contributed by atoms with van der Waals surface area (Å²) >= 11 is 0. The molecule has 9 aliphatic rings. The molecule has 0 saturated carbocycles. The van der Waals surface area contributed by atoms with Gasteiger partial charge in [-0.25, -0.2) is 56.4 Å². The average Bonchev–Trinajstić information content (AvgIpc) is 1.60. The van der Waals surface area contributed by atoms with E-state index in [1.807, 2.05) is 95.7 Å². The number of benzene rings is 5. The maximum Gasteiger partial charge on any atom is 0.278 e. The van der Waals surface area contributed by atoms with Crippen LogP contribution in [0.3, 0.4) is 0 Å². The number of allylic oxidation sites excluding steroid dienone is 6. The van der Waals surface area contributed by atoms with Crippen molar-refractivity contribution in [1.82, 2.24) is 91.4 Å². The first kappa shape index (κ1) is 92.1. The summed E-state index contributed by atoms with van der Waals surface area (Å²) in [5.41, 5.74) is 10.8. The Morgan fingerprint density at radius 2 is 0.782 bits per heavy atom. The number of aliphatic hydroxyl groups excluding tert-OH is 1. The summed E-state index contributed by atoms with van der Waals surface area (Å²) in [6, 6.07) is 39.5. The highest BCUT2D eigenvalue weighted by Crippen LogP contribution is 2.41. The Kier molecular flexibility index (Phi) is 25.7. The largest absolute Gasteiger partial charge is 0.482 e. The molecule has 15 aromatic rings. The van der Waals surface area contributed by atoms with Gasteiger partial charge in [0.1, 0.15) is 43.2 Å². The van der Waals surface area contributed by atoms with E-state index in [-0.39, 0.29) is 66.6 Å². The molecule has 39 heteroatoms. The van der Waals surface area contributed by atoms with Crippen molar-refractivity contribution in [1.29, 1.82) is 0 Å². The molecule has 6 bridgehead atoms. The molecule has 0 aliphatic carbocycles. The number of likely N-dealkylation sites (tertiary alicyclic amines) is 3. The van der Waals surface area contributed by atoms with Crippen LogP contribution in [0, 0.1) is 0 Å². The summed E-state index contributed by atoms with van der Waals surface area (Å²) in [5, 5.41) is 23.9. The fourth-order valence-electron chi connectivity index (χ4n) is 21.1. The first-order valence-electron chi connectivity index (χ1n) is 48.9. The van der Waals surface area contributed by atoms with Gasteiger partial charge in [0.15, 0.2) is 36.8 Å². The number of methoxy groups -OCH3 is 1. The van der Waals surface area contributed by atoms with E-state index < -0.39 is 9.84 Å². The van der Waals surface area contributed by atoms with Crippen LogP contribution >= 0.6 is 0 Å². The lowest BCUT2D eigenvalue weighted by Crippen LogP contribution is -2.40. The molecule has 19 heterocycles. The smallest absolute Gasteiger partial charge is 0.278 e. The third kappa shape index (κ3) is 18.6. The number of hydrogen-bond donors (Lipinski definition) is 4. The van der Waals surface area contributed by atoms with Crippen molar-refractivity contribution in [3.8, 4) is 34.4 Å². The summed E-state index contributed by atoms with van der Waals surface area (Å²) in [7, 11) is -1.21. The van der Waals surface area contributed by atoms with Crippen LogP contribution < -0.4 is 61.5 Å². The van der Waals surface area contributed by atoms with E-state index in [2.05, 4.69) is 144 Å². The molecule has 38 nitrogen and oxygen atoms in total. The lowest BCUT2D eigenvalue weighted by Gasteiger charge is -2.33. The second-order valence-electron chi connectivity index (χ2n) is 37.5. The van der Waals surface area contributed by atoms with Gasteiger partial charge in [0.25, 0.3) is 34.4 Å². The Bertz CT molecular complexity index is 7810. The predicted molar refractivity (Wildman–Crippen MR) is 544 cm³/mol. The number of anilines is 9. The van der Waals surface area contributed by atoms with Crippen LogP contribution in [-0.2, 0) is 48.6 Å². The Hall–Kier alpha value is -14.9. The molecule has 5 aromatic carbocycles. The maximum atomic E-state index is 13.7. The van der Waals surface area contributed by atoms with Gasteiger partial charge in [-0.1, -0.05) is 36.5 Å². The summed E-state index contributed by atoms with van der Waals surface area (Å²) in [5.74, 6) is 2.70. The number of rotatable bonds is 17. The first-order valence-corrected chi connectivity index (χ1v) is 51.0. The number of hydrogen-bond acceptors (Lipinski definition) is 26. The average molecular weight is 1940 g/mol. The van der Waals surface area contributed by atoms with Crippen molar-refractivity contribution in [2.45, 2.75) is 115 Å². The van der Waals surface area contributed by atoms with Crippen molar-refractivity contribution >= 4 is 145 Å². The van der Waals surface area contributed by atoms with Gasteiger partial charge in [-0.2, -0.15) is 15.0 Å². The van der Waals surface area contributed by atoms with Crippen LogP contribution in [0.25, 0.3) is 82.9 Å².